The zero-order valence-electron chi connectivity index (χ0n) is 16.7. The van der Waals surface area contributed by atoms with Crippen LogP contribution in [-0.2, 0) is 12.5 Å². The zero-order valence-corrected chi connectivity index (χ0v) is 16.7. The number of hydrogen-bond donors (Lipinski definition) is 0. The number of fused-ring (bicyclic) bond motifs is 1. The number of halogens is 5. The molecule has 0 unspecified atom stereocenters. The standard InChI is InChI=1S/C24H23F5O/c1-2-3-4-5-6-7-16-12-21(26)23(22(27)13-16)24(28,29)30-20-11-9-17-14-19(25)10-8-18(17)15-20/h8-15H,2-7H2,1H3. The molecule has 30 heavy (non-hydrogen) atoms. The SMILES string of the molecule is CCCCCCCc1cc(F)c(C(F)(F)Oc2ccc3cc(F)ccc3c2)c(F)c1. The number of aryl methyl sites for hydroxylation is 1. The Bertz CT molecular complexity index is 993. The molecule has 0 N–H and O–H groups in total. The lowest BCUT2D eigenvalue weighted by atomic mass is 10.0. The van der Waals surface area contributed by atoms with Gasteiger partial charge >= 0.3 is 6.11 Å². The molecule has 0 aliphatic carbocycles. The lowest BCUT2D eigenvalue weighted by Gasteiger charge is -2.20. The van der Waals surface area contributed by atoms with E-state index in [1.807, 2.05) is 0 Å². The van der Waals surface area contributed by atoms with Gasteiger partial charge in [0.25, 0.3) is 0 Å². The fourth-order valence-corrected chi connectivity index (χ4v) is 3.44. The Morgan fingerprint density at radius 1 is 0.767 bits per heavy atom. The molecule has 6 heteroatoms. The fourth-order valence-electron chi connectivity index (χ4n) is 3.44. The number of ether oxygens (including phenoxy) is 1. The van der Waals surface area contributed by atoms with Crippen LogP contribution in [0.3, 0.4) is 0 Å². The van der Waals surface area contributed by atoms with Gasteiger partial charge in [-0.05, 0) is 65.6 Å². The predicted octanol–water partition coefficient (Wildman–Crippen LogP) is 7.90. The van der Waals surface area contributed by atoms with Crippen LogP contribution in [0, 0.1) is 17.5 Å². The average molecular weight is 422 g/mol. The Balaban J connectivity index is 1.77. The predicted molar refractivity (Wildman–Crippen MR) is 107 cm³/mol. The number of unbranched alkanes of at least 4 members (excludes halogenated alkanes) is 4. The van der Waals surface area contributed by atoms with Crippen molar-refractivity contribution in [3.63, 3.8) is 0 Å². The van der Waals surface area contributed by atoms with E-state index in [9.17, 15) is 22.0 Å². The largest absolute Gasteiger partial charge is 0.432 e. The topological polar surface area (TPSA) is 9.23 Å². The molecule has 0 radical (unpaired) electrons. The first kappa shape index (κ1) is 22.1. The monoisotopic (exact) mass is 422 g/mol. The molecule has 3 rings (SSSR count). The van der Waals surface area contributed by atoms with Gasteiger partial charge in [0.05, 0.1) is 0 Å². The van der Waals surface area contributed by atoms with Gasteiger partial charge in [-0.25, -0.2) is 13.2 Å². The molecule has 0 spiro atoms. The van der Waals surface area contributed by atoms with Crippen LogP contribution in [0.2, 0.25) is 0 Å². The summed E-state index contributed by atoms with van der Waals surface area (Å²) in [5.74, 6) is -3.42. The zero-order chi connectivity index (χ0) is 21.7. The van der Waals surface area contributed by atoms with Crippen molar-refractivity contribution in [2.24, 2.45) is 0 Å². The minimum atomic E-state index is -4.21. The van der Waals surface area contributed by atoms with Gasteiger partial charge in [-0.1, -0.05) is 44.7 Å². The van der Waals surface area contributed by atoms with Gasteiger partial charge in [0.15, 0.2) is 0 Å². The van der Waals surface area contributed by atoms with Crippen molar-refractivity contribution in [2.75, 3.05) is 0 Å². The van der Waals surface area contributed by atoms with Gasteiger partial charge in [0.1, 0.15) is 28.8 Å². The van der Waals surface area contributed by atoms with Crippen molar-refractivity contribution < 1.29 is 26.7 Å². The molecule has 0 saturated carbocycles. The molecule has 1 nitrogen and oxygen atoms in total. The van der Waals surface area contributed by atoms with Crippen LogP contribution < -0.4 is 4.74 Å². The van der Waals surface area contributed by atoms with E-state index in [1.165, 1.54) is 36.4 Å². The summed E-state index contributed by atoms with van der Waals surface area (Å²) >= 11 is 0. The number of rotatable bonds is 9. The summed E-state index contributed by atoms with van der Waals surface area (Å²) in [5.41, 5.74) is -1.08. The molecule has 0 atom stereocenters. The van der Waals surface area contributed by atoms with Gasteiger partial charge in [0, 0.05) is 0 Å². The highest BCUT2D eigenvalue weighted by molar-refractivity contribution is 5.83. The molecule has 0 saturated heterocycles. The Morgan fingerprint density at radius 3 is 2.10 bits per heavy atom. The van der Waals surface area contributed by atoms with Crippen LogP contribution in [0.1, 0.15) is 50.2 Å². The Morgan fingerprint density at radius 2 is 1.40 bits per heavy atom. The number of alkyl halides is 2. The first-order chi connectivity index (χ1) is 14.3. The maximum absolute atomic E-state index is 14.6. The van der Waals surface area contributed by atoms with E-state index in [0.29, 0.717) is 22.8 Å². The third-order valence-electron chi connectivity index (χ3n) is 4.98. The van der Waals surface area contributed by atoms with Crippen LogP contribution in [0.5, 0.6) is 5.75 Å². The van der Waals surface area contributed by atoms with Crippen molar-refractivity contribution in [3.8, 4) is 5.75 Å². The minimum Gasteiger partial charge on any atom is -0.429 e. The molecule has 0 amide bonds. The Hall–Kier alpha value is -2.63. The maximum atomic E-state index is 14.6. The normalized spacial score (nSPS) is 11.8. The summed E-state index contributed by atoms with van der Waals surface area (Å²) in [6.07, 6.45) is 1.08. The quantitative estimate of drug-likeness (QED) is 0.252. The van der Waals surface area contributed by atoms with E-state index < -0.39 is 29.1 Å². The van der Waals surface area contributed by atoms with E-state index in [-0.39, 0.29) is 5.75 Å². The van der Waals surface area contributed by atoms with Gasteiger partial charge < -0.3 is 4.74 Å². The van der Waals surface area contributed by atoms with Gasteiger partial charge in [0.2, 0.25) is 0 Å². The highest BCUT2D eigenvalue weighted by atomic mass is 19.3. The first-order valence-corrected chi connectivity index (χ1v) is 10.0. The molecular formula is C24H23F5O. The molecule has 0 aromatic heterocycles. The number of benzene rings is 3. The summed E-state index contributed by atoms with van der Waals surface area (Å²) in [6, 6.07) is 9.60. The molecule has 0 fully saturated rings. The van der Waals surface area contributed by atoms with Crippen molar-refractivity contribution in [3.05, 3.63) is 77.1 Å². The second kappa shape index (κ2) is 9.45. The van der Waals surface area contributed by atoms with E-state index in [4.69, 9.17) is 0 Å². The Kier molecular flexibility index (Phi) is 6.95. The Labute approximate surface area is 172 Å². The number of hydrogen-bond acceptors (Lipinski definition) is 1. The van der Waals surface area contributed by atoms with Gasteiger partial charge in [-0.3, -0.25) is 0 Å². The molecule has 0 bridgehead atoms. The summed E-state index contributed by atoms with van der Waals surface area (Å²) in [4.78, 5) is 0. The fraction of sp³-hybridized carbons (Fsp3) is 0.333. The van der Waals surface area contributed by atoms with E-state index >= 15 is 0 Å². The van der Waals surface area contributed by atoms with Crippen LogP contribution in [0.4, 0.5) is 22.0 Å². The van der Waals surface area contributed by atoms with Crippen LogP contribution in [0.15, 0.2) is 48.5 Å². The highest BCUT2D eigenvalue weighted by Gasteiger charge is 2.41. The highest BCUT2D eigenvalue weighted by Crippen LogP contribution is 2.36. The molecule has 3 aromatic rings. The van der Waals surface area contributed by atoms with Crippen molar-refractivity contribution in [1.82, 2.24) is 0 Å². The second-order valence-corrected chi connectivity index (χ2v) is 7.37. The molecule has 0 aliphatic heterocycles. The molecule has 0 aliphatic rings. The van der Waals surface area contributed by atoms with Gasteiger partial charge in [-0.15, -0.1) is 0 Å². The van der Waals surface area contributed by atoms with Crippen molar-refractivity contribution in [2.45, 2.75) is 51.6 Å². The summed E-state index contributed by atoms with van der Waals surface area (Å²) in [5, 5.41) is 0.954. The van der Waals surface area contributed by atoms with E-state index in [2.05, 4.69) is 11.7 Å². The van der Waals surface area contributed by atoms with Gasteiger partial charge in [-0.2, -0.15) is 8.78 Å². The second-order valence-electron chi connectivity index (χ2n) is 7.37. The van der Waals surface area contributed by atoms with Crippen LogP contribution in [-0.4, -0.2) is 0 Å². The molecule has 160 valence electrons. The summed E-state index contributed by atoms with van der Waals surface area (Å²) < 4.78 is 75.9. The van der Waals surface area contributed by atoms with E-state index in [1.54, 1.807) is 0 Å². The lowest BCUT2D eigenvalue weighted by molar-refractivity contribution is -0.189. The lowest BCUT2D eigenvalue weighted by Crippen LogP contribution is -2.25. The third-order valence-corrected chi connectivity index (χ3v) is 4.98. The minimum absolute atomic E-state index is 0.280. The smallest absolute Gasteiger partial charge is 0.429 e. The van der Waals surface area contributed by atoms with E-state index in [0.717, 1.165) is 44.2 Å². The molecular weight excluding hydrogens is 399 g/mol. The summed E-state index contributed by atoms with van der Waals surface area (Å²) in [6.45, 7) is 2.09. The average Bonchev–Trinajstić information content (AvgIpc) is 2.67. The molecule has 0 heterocycles. The first-order valence-electron chi connectivity index (χ1n) is 10.0. The van der Waals surface area contributed by atoms with Crippen molar-refractivity contribution >= 4 is 10.8 Å². The molecule has 3 aromatic carbocycles. The maximum Gasteiger partial charge on any atom is 0.432 e. The van der Waals surface area contributed by atoms with Crippen molar-refractivity contribution in [1.29, 1.82) is 0 Å². The van der Waals surface area contributed by atoms with Crippen LogP contribution in [0.25, 0.3) is 10.8 Å². The third kappa shape index (κ3) is 5.29. The summed E-state index contributed by atoms with van der Waals surface area (Å²) in [7, 11) is 0. The van der Waals surface area contributed by atoms with Crippen LogP contribution >= 0.6 is 0 Å².